The molecule has 1 fully saturated rings. The molecular formula is C13H28N2O. The third-order valence-electron chi connectivity index (χ3n) is 4.29. The van der Waals surface area contributed by atoms with Crippen molar-refractivity contribution in [3.05, 3.63) is 0 Å². The zero-order valence-corrected chi connectivity index (χ0v) is 11.2. The molecule has 0 aromatic heterocycles. The van der Waals surface area contributed by atoms with Gasteiger partial charge in [0.2, 0.25) is 0 Å². The average Bonchev–Trinajstić information content (AvgIpc) is 2.33. The van der Waals surface area contributed by atoms with Gasteiger partial charge in [0.05, 0.1) is 6.61 Å². The second kappa shape index (κ2) is 6.58. The van der Waals surface area contributed by atoms with Crippen LogP contribution in [-0.2, 0) is 4.74 Å². The van der Waals surface area contributed by atoms with E-state index < -0.39 is 0 Å². The molecule has 1 aliphatic heterocycles. The summed E-state index contributed by atoms with van der Waals surface area (Å²) in [7, 11) is 2.22. The van der Waals surface area contributed by atoms with Gasteiger partial charge < -0.3 is 10.5 Å². The Balaban J connectivity index is 2.50. The lowest BCUT2D eigenvalue weighted by Crippen LogP contribution is -2.53. The SMILES string of the molecule is CCC(CC)(CN)N(C)CC1CCCOC1. The predicted molar refractivity (Wildman–Crippen MR) is 68.5 cm³/mol. The second-order valence-corrected chi connectivity index (χ2v) is 5.10. The molecule has 0 bridgehead atoms. The molecule has 1 rings (SSSR count). The molecule has 2 N–H and O–H groups in total. The van der Waals surface area contributed by atoms with Crippen LogP contribution in [-0.4, -0.2) is 43.8 Å². The number of nitrogens with zero attached hydrogens (tertiary/aromatic N) is 1. The number of hydrogen-bond acceptors (Lipinski definition) is 3. The molecular weight excluding hydrogens is 200 g/mol. The van der Waals surface area contributed by atoms with Gasteiger partial charge in [-0.1, -0.05) is 13.8 Å². The van der Waals surface area contributed by atoms with E-state index in [1.807, 2.05) is 0 Å². The average molecular weight is 228 g/mol. The van der Waals surface area contributed by atoms with Gasteiger partial charge in [0.15, 0.2) is 0 Å². The number of rotatable bonds is 6. The Morgan fingerprint density at radius 2 is 2.06 bits per heavy atom. The monoisotopic (exact) mass is 228 g/mol. The topological polar surface area (TPSA) is 38.5 Å². The van der Waals surface area contributed by atoms with Gasteiger partial charge in [-0.25, -0.2) is 0 Å². The van der Waals surface area contributed by atoms with Crippen molar-refractivity contribution < 1.29 is 4.74 Å². The maximum Gasteiger partial charge on any atom is 0.0506 e. The highest BCUT2D eigenvalue weighted by atomic mass is 16.5. The minimum atomic E-state index is 0.192. The molecule has 1 saturated heterocycles. The van der Waals surface area contributed by atoms with Crippen LogP contribution in [0, 0.1) is 5.92 Å². The summed E-state index contributed by atoms with van der Waals surface area (Å²) in [5, 5.41) is 0. The number of hydrogen-bond donors (Lipinski definition) is 1. The molecule has 96 valence electrons. The summed E-state index contributed by atoms with van der Waals surface area (Å²) in [4.78, 5) is 2.46. The van der Waals surface area contributed by atoms with E-state index in [4.69, 9.17) is 10.5 Å². The van der Waals surface area contributed by atoms with Crippen LogP contribution in [0.2, 0.25) is 0 Å². The van der Waals surface area contributed by atoms with Crippen molar-refractivity contribution in [2.24, 2.45) is 11.7 Å². The summed E-state index contributed by atoms with van der Waals surface area (Å²) in [6, 6.07) is 0. The fourth-order valence-corrected chi connectivity index (χ4v) is 2.77. The van der Waals surface area contributed by atoms with Crippen LogP contribution in [0.3, 0.4) is 0 Å². The normalized spacial score (nSPS) is 22.7. The Bertz CT molecular complexity index is 178. The second-order valence-electron chi connectivity index (χ2n) is 5.10. The molecule has 0 amide bonds. The Hall–Kier alpha value is -0.120. The lowest BCUT2D eigenvalue weighted by Gasteiger charge is -2.42. The van der Waals surface area contributed by atoms with Crippen molar-refractivity contribution in [3.63, 3.8) is 0 Å². The van der Waals surface area contributed by atoms with E-state index >= 15 is 0 Å². The van der Waals surface area contributed by atoms with E-state index in [9.17, 15) is 0 Å². The molecule has 1 aliphatic rings. The first-order valence-corrected chi connectivity index (χ1v) is 6.67. The summed E-state index contributed by atoms with van der Waals surface area (Å²) >= 11 is 0. The third kappa shape index (κ3) is 3.19. The van der Waals surface area contributed by atoms with E-state index in [-0.39, 0.29) is 5.54 Å². The fourth-order valence-electron chi connectivity index (χ4n) is 2.77. The highest BCUT2D eigenvalue weighted by molar-refractivity contribution is 4.88. The summed E-state index contributed by atoms with van der Waals surface area (Å²) in [6.45, 7) is 8.24. The molecule has 0 aromatic carbocycles. The molecule has 16 heavy (non-hydrogen) atoms. The molecule has 0 radical (unpaired) electrons. The van der Waals surface area contributed by atoms with E-state index in [2.05, 4.69) is 25.8 Å². The Labute approximate surface area is 100 Å². The first kappa shape index (κ1) is 13.9. The molecule has 1 heterocycles. The third-order valence-corrected chi connectivity index (χ3v) is 4.29. The van der Waals surface area contributed by atoms with Gasteiger partial charge in [-0.3, -0.25) is 4.90 Å². The van der Waals surface area contributed by atoms with E-state index in [0.717, 1.165) is 39.1 Å². The minimum absolute atomic E-state index is 0.192. The van der Waals surface area contributed by atoms with Crippen molar-refractivity contribution in [2.45, 2.75) is 45.1 Å². The lowest BCUT2D eigenvalue weighted by molar-refractivity contribution is 0.0182. The van der Waals surface area contributed by atoms with Gasteiger partial charge in [-0.05, 0) is 38.6 Å². The molecule has 3 nitrogen and oxygen atoms in total. The predicted octanol–water partition coefficient (Wildman–Crippen LogP) is 1.86. The Kier molecular flexibility index (Phi) is 5.73. The molecule has 0 aromatic rings. The summed E-state index contributed by atoms with van der Waals surface area (Å²) in [5.41, 5.74) is 6.15. The largest absolute Gasteiger partial charge is 0.381 e. The van der Waals surface area contributed by atoms with Crippen molar-refractivity contribution >= 4 is 0 Å². The van der Waals surface area contributed by atoms with E-state index in [1.54, 1.807) is 0 Å². The van der Waals surface area contributed by atoms with Crippen LogP contribution in [0.25, 0.3) is 0 Å². The summed E-state index contributed by atoms with van der Waals surface area (Å²) in [6.07, 6.45) is 4.78. The zero-order valence-electron chi connectivity index (χ0n) is 11.2. The quantitative estimate of drug-likeness (QED) is 0.754. The van der Waals surface area contributed by atoms with Crippen LogP contribution in [0.15, 0.2) is 0 Å². The smallest absolute Gasteiger partial charge is 0.0506 e. The first-order valence-electron chi connectivity index (χ1n) is 6.67. The van der Waals surface area contributed by atoms with Crippen LogP contribution in [0.5, 0.6) is 0 Å². The molecule has 1 unspecified atom stereocenters. The van der Waals surface area contributed by atoms with E-state index in [1.165, 1.54) is 12.8 Å². The van der Waals surface area contributed by atoms with Crippen molar-refractivity contribution in [1.82, 2.24) is 4.90 Å². The van der Waals surface area contributed by atoms with Gasteiger partial charge in [0.1, 0.15) is 0 Å². The highest BCUT2D eigenvalue weighted by Crippen LogP contribution is 2.24. The highest BCUT2D eigenvalue weighted by Gasteiger charge is 2.31. The number of nitrogens with two attached hydrogens (primary N) is 1. The van der Waals surface area contributed by atoms with Gasteiger partial charge in [0, 0.05) is 25.2 Å². The standard InChI is InChI=1S/C13H28N2O/c1-4-13(5-2,11-14)15(3)9-12-7-6-8-16-10-12/h12H,4-11,14H2,1-3H3. The van der Waals surface area contributed by atoms with Gasteiger partial charge >= 0.3 is 0 Å². The fraction of sp³-hybridized carbons (Fsp3) is 1.00. The Morgan fingerprint density at radius 1 is 1.38 bits per heavy atom. The zero-order chi connectivity index (χ0) is 12.0. The van der Waals surface area contributed by atoms with Crippen LogP contribution < -0.4 is 5.73 Å². The number of likely N-dealkylation sites (N-methyl/N-ethyl adjacent to an activating group) is 1. The van der Waals surface area contributed by atoms with Crippen molar-refractivity contribution in [3.8, 4) is 0 Å². The van der Waals surface area contributed by atoms with Gasteiger partial charge in [-0.2, -0.15) is 0 Å². The van der Waals surface area contributed by atoms with Crippen molar-refractivity contribution in [1.29, 1.82) is 0 Å². The molecule has 1 atom stereocenters. The van der Waals surface area contributed by atoms with Crippen LogP contribution in [0.1, 0.15) is 39.5 Å². The molecule has 0 saturated carbocycles. The molecule has 3 heteroatoms. The maximum atomic E-state index is 5.96. The Morgan fingerprint density at radius 3 is 2.50 bits per heavy atom. The van der Waals surface area contributed by atoms with Gasteiger partial charge in [0.25, 0.3) is 0 Å². The lowest BCUT2D eigenvalue weighted by atomic mass is 9.89. The molecule has 0 spiro atoms. The van der Waals surface area contributed by atoms with Gasteiger partial charge in [-0.15, -0.1) is 0 Å². The van der Waals surface area contributed by atoms with E-state index in [0.29, 0.717) is 5.92 Å². The number of ether oxygens (including phenoxy) is 1. The summed E-state index contributed by atoms with van der Waals surface area (Å²) in [5.74, 6) is 0.697. The van der Waals surface area contributed by atoms with Crippen LogP contribution in [0.4, 0.5) is 0 Å². The molecule has 0 aliphatic carbocycles. The van der Waals surface area contributed by atoms with Crippen molar-refractivity contribution in [2.75, 3.05) is 33.4 Å². The minimum Gasteiger partial charge on any atom is -0.381 e. The first-order chi connectivity index (χ1) is 7.68. The summed E-state index contributed by atoms with van der Waals surface area (Å²) < 4.78 is 5.54. The maximum absolute atomic E-state index is 5.96. The van der Waals surface area contributed by atoms with Crippen LogP contribution >= 0.6 is 0 Å².